The zero-order valence-corrected chi connectivity index (χ0v) is 15.2. The number of hydrogen-bond donors (Lipinski definition) is 2. The third-order valence-corrected chi connectivity index (χ3v) is 4.43. The number of benzene rings is 2. The quantitative estimate of drug-likeness (QED) is 0.528. The van der Waals surface area contributed by atoms with Crippen molar-refractivity contribution in [3.8, 4) is 11.3 Å². The number of amides is 1. The molecular weight excluding hydrogens is 397 g/mol. The van der Waals surface area contributed by atoms with Crippen molar-refractivity contribution < 1.29 is 18.0 Å². The van der Waals surface area contributed by atoms with Crippen molar-refractivity contribution in [1.82, 2.24) is 15.0 Å². The summed E-state index contributed by atoms with van der Waals surface area (Å²) in [6.07, 6.45) is -1.79. The maximum atomic E-state index is 13.1. The van der Waals surface area contributed by atoms with E-state index in [-0.39, 0.29) is 33.5 Å². The molecule has 150 valence electrons. The van der Waals surface area contributed by atoms with E-state index in [0.717, 1.165) is 12.1 Å². The minimum Gasteiger partial charge on any atom is -0.354 e. The molecule has 0 atom stereocenters. The van der Waals surface area contributed by atoms with E-state index in [9.17, 15) is 22.8 Å². The van der Waals surface area contributed by atoms with Crippen molar-refractivity contribution in [2.75, 3.05) is 5.32 Å². The highest BCUT2D eigenvalue weighted by Gasteiger charge is 2.30. The molecule has 0 aliphatic carbocycles. The maximum Gasteiger partial charge on any atom is 0.416 e. The lowest BCUT2D eigenvalue weighted by atomic mass is 10.0. The summed E-state index contributed by atoms with van der Waals surface area (Å²) in [6, 6.07) is 11.9. The summed E-state index contributed by atoms with van der Waals surface area (Å²) in [5.41, 5.74) is -0.555. The fourth-order valence-electron chi connectivity index (χ4n) is 3.03. The van der Waals surface area contributed by atoms with E-state index in [1.807, 2.05) is 0 Å². The molecule has 0 fully saturated rings. The van der Waals surface area contributed by atoms with Gasteiger partial charge < -0.3 is 10.3 Å². The van der Waals surface area contributed by atoms with Crippen LogP contribution in [0.4, 0.5) is 19.0 Å². The van der Waals surface area contributed by atoms with E-state index < -0.39 is 23.1 Å². The molecule has 0 spiro atoms. The normalized spacial score (nSPS) is 11.4. The zero-order chi connectivity index (χ0) is 21.3. The Labute approximate surface area is 167 Å². The summed E-state index contributed by atoms with van der Waals surface area (Å²) in [4.78, 5) is 35.9. The molecule has 2 aromatic carbocycles. The SMILES string of the molecule is O=C(Nc1ccncn1)c1cccc2c(=O)cc(-c3cccc(C(F)(F)F)c3)[nH]c12. The third-order valence-electron chi connectivity index (χ3n) is 4.43. The highest BCUT2D eigenvalue weighted by atomic mass is 19.4. The summed E-state index contributed by atoms with van der Waals surface area (Å²) in [5, 5.41) is 2.83. The average Bonchev–Trinajstić information content (AvgIpc) is 2.73. The maximum absolute atomic E-state index is 13.1. The van der Waals surface area contributed by atoms with Crippen LogP contribution in [0.5, 0.6) is 0 Å². The lowest BCUT2D eigenvalue weighted by Gasteiger charge is -2.11. The predicted octanol–water partition coefficient (Wildman–Crippen LogP) is 4.26. The fourth-order valence-corrected chi connectivity index (χ4v) is 3.03. The number of fused-ring (bicyclic) bond motifs is 1. The Kier molecular flexibility index (Phi) is 4.78. The summed E-state index contributed by atoms with van der Waals surface area (Å²) >= 11 is 0. The van der Waals surface area contributed by atoms with E-state index in [2.05, 4.69) is 20.3 Å². The van der Waals surface area contributed by atoms with Gasteiger partial charge in [0.15, 0.2) is 5.43 Å². The van der Waals surface area contributed by atoms with Crippen LogP contribution in [0.15, 0.2) is 71.9 Å². The number of pyridine rings is 1. The Morgan fingerprint density at radius 1 is 1.03 bits per heavy atom. The first-order valence-electron chi connectivity index (χ1n) is 8.74. The topological polar surface area (TPSA) is 87.7 Å². The van der Waals surface area contributed by atoms with Crippen molar-refractivity contribution in [3.05, 3.63) is 88.5 Å². The molecular formula is C21H13F3N4O2. The van der Waals surface area contributed by atoms with Gasteiger partial charge in [-0.05, 0) is 35.9 Å². The number of H-pyrrole nitrogens is 1. The molecule has 0 aliphatic heterocycles. The number of halogens is 3. The van der Waals surface area contributed by atoms with Gasteiger partial charge in [-0.25, -0.2) is 9.97 Å². The second-order valence-electron chi connectivity index (χ2n) is 6.40. The fraction of sp³-hybridized carbons (Fsp3) is 0.0476. The molecule has 30 heavy (non-hydrogen) atoms. The van der Waals surface area contributed by atoms with Crippen LogP contribution in [0.1, 0.15) is 15.9 Å². The second kappa shape index (κ2) is 7.43. The van der Waals surface area contributed by atoms with Crippen LogP contribution in [-0.4, -0.2) is 20.9 Å². The predicted molar refractivity (Wildman–Crippen MR) is 105 cm³/mol. The number of nitrogens with zero attached hydrogens (tertiary/aromatic N) is 2. The van der Waals surface area contributed by atoms with Crippen molar-refractivity contribution in [2.24, 2.45) is 0 Å². The number of para-hydroxylation sites is 1. The van der Waals surface area contributed by atoms with Gasteiger partial charge in [-0.3, -0.25) is 9.59 Å². The molecule has 2 aromatic heterocycles. The van der Waals surface area contributed by atoms with Gasteiger partial charge in [0.2, 0.25) is 0 Å². The van der Waals surface area contributed by atoms with Crippen molar-refractivity contribution in [1.29, 1.82) is 0 Å². The number of alkyl halides is 3. The Balaban J connectivity index is 1.83. The summed E-state index contributed by atoms with van der Waals surface area (Å²) in [6.45, 7) is 0. The molecule has 2 heterocycles. The molecule has 0 saturated heterocycles. The number of anilines is 1. The van der Waals surface area contributed by atoms with E-state index in [4.69, 9.17) is 0 Å². The molecule has 0 aliphatic rings. The first kappa shape index (κ1) is 19.3. The Morgan fingerprint density at radius 2 is 1.83 bits per heavy atom. The minimum absolute atomic E-state index is 0.150. The smallest absolute Gasteiger partial charge is 0.354 e. The number of aromatic amines is 1. The molecule has 6 nitrogen and oxygen atoms in total. The summed E-state index contributed by atoms with van der Waals surface area (Å²) in [7, 11) is 0. The van der Waals surface area contributed by atoms with Crippen molar-refractivity contribution >= 4 is 22.6 Å². The summed E-state index contributed by atoms with van der Waals surface area (Å²) in [5.74, 6) is -0.264. The van der Waals surface area contributed by atoms with Gasteiger partial charge in [0.25, 0.3) is 5.91 Å². The van der Waals surface area contributed by atoms with Gasteiger partial charge in [-0.15, -0.1) is 0 Å². The molecule has 1 amide bonds. The van der Waals surface area contributed by atoms with E-state index in [1.165, 1.54) is 48.9 Å². The van der Waals surface area contributed by atoms with Crippen molar-refractivity contribution in [3.63, 3.8) is 0 Å². The number of carbonyl (C=O) groups excluding carboxylic acids is 1. The first-order chi connectivity index (χ1) is 14.3. The van der Waals surface area contributed by atoms with Crippen LogP contribution in [0.25, 0.3) is 22.2 Å². The molecule has 0 bridgehead atoms. The molecule has 4 aromatic rings. The lowest BCUT2D eigenvalue weighted by Crippen LogP contribution is -2.15. The number of nitrogens with one attached hydrogen (secondary N) is 2. The number of aromatic nitrogens is 3. The highest BCUT2D eigenvalue weighted by molar-refractivity contribution is 6.11. The van der Waals surface area contributed by atoms with Crippen LogP contribution in [0.3, 0.4) is 0 Å². The average molecular weight is 410 g/mol. The van der Waals surface area contributed by atoms with Gasteiger partial charge in [0.05, 0.1) is 16.6 Å². The Bertz CT molecular complexity index is 1300. The largest absolute Gasteiger partial charge is 0.416 e. The second-order valence-corrected chi connectivity index (χ2v) is 6.40. The molecule has 0 unspecified atom stereocenters. The Morgan fingerprint density at radius 3 is 2.57 bits per heavy atom. The van der Waals surface area contributed by atoms with Gasteiger partial charge >= 0.3 is 6.18 Å². The van der Waals surface area contributed by atoms with E-state index in [1.54, 1.807) is 6.07 Å². The molecule has 0 saturated carbocycles. The van der Waals surface area contributed by atoms with Gasteiger partial charge in [0.1, 0.15) is 12.1 Å². The van der Waals surface area contributed by atoms with E-state index in [0.29, 0.717) is 0 Å². The number of rotatable bonds is 3. The van der Waals surface area contributed by atoms with Crippen LogP contribution in [-0.2, 0) is 6.18 Å². The monoisotopic (exact) mass is 410 g/mol. The number of hydrogen-bond acceptors (Lipinski definition) is 4. The van der Waals surface area contributed by atoms with Crippen LogP contribution in [0.2, 0.25) is 0 Å². The van der Waals surface area contributed by atoms with Crippen LogP contribution >= 0.6 is 0 Å². The molecule has 9 heteroatoms. The molecule has 2 N–H and O–H groups in total. The third kappa shape index (κ3) is 3.77. The molecule has 4 rings (SSSR count). The zero-order valence-electron chi connectivity index (χ0n) is 15.2. The number of carbonyl (C=O) groups is 1. The van der Waals surface area contributed by atoms with Crippen LogP contribution < -0.4 is 10.7 Å². The van der Waals surface area contributed by atoms with Gasteiger partial charge in [0, 0.05) is 23.3 Å². The van der Waals surface area contributed by atoms with Crippen molar-refractivity contribution in [2.45, 2.75) is 6.18 Å². The highest BCUT2D eigenvalue weighted by Crippen LogP contribution is 2.32. The standard InChI is InChI=1S/C21H13F3N4O2/c22-21(23,24)13-4-1-3-12(9-13)16-10-17(29)14-5-2-6-15(19(14)27-16)20(30)28-18-7-8-25-11-26-18/h1-11H,(H,27,29)(H,25,26,28,30). The first-order valence-corrected chi connectivity index (χ1v) is 8.74. The molecule has 0 radical (unpaired) electrons. The van der Waals surface area contributed by atoms with Gasteiger partial charge in [-0.2, -0.15) is 13.2 Å². The summed E-state index contributed by atoms with van der Waals surface area (Å²) < 4.78 is 39.2. The van der Waals surface area contributed by atoms with E-state index >= 15 is 0 Å². The lowest BCUT2D eigenvalue weighted by molar-refractivity contribution is -0.137. The minimum atomic E-state index is -4.52. The van der Waals surface area contributed by atoms with Gasteiger partial charge in [-0.1, -0.05) is 18.2 Å². The van der Waals surface area contributed by atoms with Crippen LogP contribution in [0, 0.1) is 0 Å². The Hall–Kier alpha value is -4.01.